The van der Waals surface area contributed by atoms with Crippen molar-refractivity contribution in [3.8, 4) is 5.75 Å². The van der Waals surface area contributed by atoms with Crippen molar-refractivity contribution in [1.29, 1.82) is 0 Å². The van der Waals surface area contributed by atoms with Crippen molar-refractivity contribution in [1.82, 2.24) is 4.72 Å². The Bertz CT molecular complexity index is 1620. The van der Waals surface area contributed by atoms with Gasteiger partial charge in [-0.05, 0) is 128 Å². The number of sulfonamides is 1. The van der Waals surface area contributed by atoms with Crippen molar-refractivity contribution in [2.75, 3.05) is 23.7 Å². The molecule has 0 aromatic heterocycles. The summed E-state index contributed by atoms with van der Waals surface area (Å²) in [4.78, 5) is 15.8. The topological polar surface area (TPSA) is 84.9 Å². The van der Waals surface area contributed by atoms with E-state index in [4.69, 9.17) is 20.8 Å². The summed E-state index contributed by atoms with van der Waals surface area (Å²) in [6, 6.07) is 11.3. The summed E-state index contributed by atoms with van der Waals surface area (Å²) in [5.74, 6) is 0.996. The molecule has 1 N–H and O–H groups in total. The van der Waals surface area contributed by atoms with Crippen LogP contribution in [0.5, 0.6) is 5.75 Å². The largest absolute Gasteiger partial charge is 0.487 e. The lowest BCUT2D eigenvalue weighted by atomic mass is 9.69. The number of nitrogens with zero attached hydrogens (tertiary/aromatic N) is 1. The molecule has 4 aliphatic rings. The highest BCUT2D eigenvalue weighted by Gasteiger charge is 2.45. The number of carbonyl (C=O) groups is 1. The number of amides is 1. The van der Waals surface area contributed by atoms with Crippen LogP contribution in [0, 0.1) is 23.7 Å². The molecule has 0 radical (unpaired) electrons. The predicted octanol–water partition coefficient (Wildman–Crippen LogP) is 8.13. The van der Waals surface area contributed by atoms with Crippen LogP contribution in [0.1, 0.15) is 80.8 Å². The van der Waals surface area contributed by atoms with E-state index in [0.717, 1.165) is 74.3 Å². The van der Waals surface area contributed by atoms with Crippen LogP contribution in [0.2, 0.25) is 23.2 Å². The SMILES string of the molecule is CC(C)(C)[Si](C)(C)OC1/C=C/[C@H]2CC[C@@H]2CS(=O)(=O)NC(=O)c2ccc3c(c2)N(CCCCc2cc(Cl)ccc2CO3)C[C@@H]2CC[C@@H]12. The van der Waals surface area contributed by atoms with Gasteiger partial charge in [-0.2, -0.15) is 0 Å². The fourth-order valence-corrected chi connectivity index (χ4v) is 10.2. The van der Waals surface area contributed by atoms with E-state index in [1.54, 1.807) is 6.07 Å². The van der Waals surface area contributed by atoms with Crippen molar-refractivity contribution in [2.45, 2.75) is 96.6 Å². The van der Waals surface area contributed by atoms with Gasteiger partial charge in [-0.25, -0.2) is 13.1 Å². The van der Waals surface area contributed by atoms with Gasteiger partial charge in [0.1, 0.15) is 12.4 Å². The maximum atomic E-state index is 13.4. The second-order valence-corrected chi connectivity index (χ2v) is 22.7. The van der Waals surface area contributed by atoms with E-state index >= 15 is 0 Å². The van der Waals surface area contributed by atoms with Crippen LogP contribution in [0.15, 0.2) is 48.6 Å². The molecule has 2 saturated carbocycles. The van der Waals surface area contributed by atoms with Crippen molar-refractivity contribution in [2.24, 2.45) is 23.7 Å². The van der Waals surface area contributed by atoms with Gasteiger partial charge in [0.2, 0.25) is 10.0 Å². The lowest BCUT2D eigenvalue weighted by Crippen LogP contribution is -2.50. The average Bonchev–Trinajstić information content (AvgIpc) is 2.99. The van der Waals surface area contributed by atoms with Crippen LogP contribution in [0.4, 0.5) is 5.69 Å². The zero-order chi connectivity index (χ0) is 33.6. The van der Waals surface area contributed by atoms with E-state index in [0.29, 0.717) is 29.8 Å². The van der Waals surface area contributed by atoms with E-state index in [2.05, 4.69) is 55.6 Å². The van der Waals surface area contributed by atoms with Gasteiger partial charge in [-0.15, -0.1) is 0 Å². The number of anilines is 1. The molecular weight excluding hydrogens is 648 g/mol. The fraction of sp³-hybridized carbons (Fsp3) is 0.595. The summed E-state index contributed by atoms with van der Waals surface area (Å²) >= 11 is 6.37. The number of halogens is 1. The number of allylic oxidation sites excluding steroid dienone is 1. The summed E-state index contributed by atoms with van der Waals surface area (Å²) in [6.07, 6.45) is 11.4. The molecule has 0 spiro atoms. The molecule has 2 aliphatic heterocycles. The Morgan fingerprint density at radius 1 is 0.979 bits per heavy atom. The van der Waals surface area contributed by atoms with Gasteiger partial charge in [0, 0.05) is 23.7 Å². The maximum Gasteiger partial charge on any atom is 0.264 e. The van der Waals surface area contributed by atoms with Crippen LogP contribution < -0.4 is 14.4 Å². The Labute approximate surface area is 287 Å². The number of hydrogen-bond donors (Lipinski definition) is 1. The van der Waals surface area contributed by atoms with Crippen molar-refractivity contribution >= 4 is 41.5 Å². The third-order valence-corrected chi connectivity index (χ3v) is 17.6. The second kappa shape index (κ2) is 13.5. The second-order valence-electron chi connectivity index (χ2n) is 15.7. The van der Waals surface area contributed by atoms with Gasteiger partial charge in [0.25, 0.3) is 5.91 Å². The van der Waals surface area contributed by atoms with Crippen LogP contribution in [-0.4, -0.2) is 47.6 Å². The Morgan fingerprint density at radius 3 is 2.47 bits per heavy atom. The molecule has 2 aromatic rings. The minimum absolute atomic E-state index is 0.00894. The number of benzene rings is 2. The first kappa shape index (κ1) is 34.5. The molecule has 5 atom stereocenters. The molecule has 2 fully saturated rings. The Kier molecular flexibility index (Phi) is 9.94. The number of rotatable bonds is 2. The highest BCUT2D eigenvalue weighted by molar-refractivity contribution is 7.90. The van der Waals surface area contributed by atoms with Crippen LogP contribution in [0.3, 0.4) is 0 Å². The first-order valence-corrected chi connectivity index (χ1v) is 22.3. The quantitative estimate of drug-likeness (QED) is 0.252. The number of nitrogens with one attached hydrogen (secondary N) is 1. The van der Waals surface area contributed by atoms with Gasteiger partial charge in [0.05, 0.1) is 17.5 Å². The van der Waals surface area contributed by atoms with Gasteiger partial charge >= 0.3 is 0 Å². The van der Waals surface area contributed by atoms with Crippen LogP contribution >= 0.6 is 11.6 Å². The Morgan fingerprint density at radius 2 is 1.77 bits per heavy atom. The van der Waals surface area contributed by atoms with E-state index in [1.165, 1.54) is 5.56 Å². The minimum atomic E-state index is -3.82. The number of ether oxygens (including phenoxy) is 1. The summed E-state index contributed by atoms with van der Waals surface area (Å²) in [5, 5.41) is 0.802. The summed E-state index contributed by atoms with van der Waals surface area (Å²) in [6.45, 7) is 13.5. The molecule has 256 valence electrons. The molecule has 2 aromatic carbocycles. The maximum absolute atomic E-state index is 13.4. The number of carbonyl (C=O) groups excluding carboxylic acids is 1. The zero-order valence-corrected chi connectivity index (χ0v) is 31.1. The van der Waals surface area contributed by atoms with Gasteiger partial charge in [-0.3, -0.25) is 4.79 Å². The van der Waals surface area contributed by atoms with Crippen LogP contribution in [-0.2, 0) is 27.5 Å². The smallest absolute Gasteiger partial charge is 0.264 e. The molecule has 7 nitrogen and oxygen atoms in total. The van der Waals surface area contributed by atoms with E-state index in [1.807, 2.05) is 30.3 Å². The zero-order valence-electron chi connectivity index (χ0n) is 28.6. The third kappa shape index (κ3) is 7.79. The summed E-state index contributed by atoms with van der Waals surface area (Å²) in [5.41, 5.74) is 3.46. The molecule has 1 unspecified atom stereocenters. The molecular formula is C37H51ClN2O5SSi. The minimum Gasteiger partial charge on any atom is -0.487 e. The molecule has 2 aliphatic carbocycles. The first-order valence-electron chi connectivity index (χ1n) is 17.4. The van der Waals surface area contributed by atoms with E-state index in [-0.39, 0.29) is 28.7 Å². The lowest BCUT2D eigenvalue weighted by molar-refractivity contribution is 0.0524. The highest BCUT2D eigenvalue weighted by atomic mass is 35.5. The Balaban J connectivity index is 1.38. The normalized spacial score (nSPS) is 28.9. The average molecular weight is 699 g/mol. The van der Waals surface area contributed by atoms with E-state index < -0.39 is 24.2 Å². The van der Waals surface area contributed by atoms with Crippen LogP contribution in [0.25, 0.3) is 0 Å². The standard InChI is InChI=1S/C37H51ClN2O5SSi/c1-37(2,3)47(4,5)45-34-17-13-25-9-10-30(25)24-46(42,43)39-36(41)27-14-18-35-33(21-27)40(22-28-12-16-32(28)34)19-7-6-8-26-20-31(38)15-11-29(26)23-44-35/h11,13-15,17-18,20-21,25,28,30,32,34H,6-10,12,16,19,22-24H2,1-5H3,(H,39,41)/b17-13+/t25-,28+,30-,32-,34?/m1/s1. The van der Waals surface area contributed by atoms with Gasteiger partial charge < -0.3 is 14.1 Å². The fourth-order valence-electron chi connectivity index (χ4n) is 7.23. The predicted molar refractivity (Wildman–Crippen MR) is 192 cm³/mol. The van der Waals surface area contributed by atoms with E-state index in [9.17, 15) is 13.2 Å². The monoisotopic (exact) mass is 698 g/mol. The highest BCUT2D eigenvalue weighted by Crippen LogP contribution is 2.46. The van der Waals surface area contributed by atoms with Gasteiger partial charge in [-0.1, -0.05) is 50.6 Å². The third-order valence-electron chi connectivity index (χ3n) is 11.5. The van der Waals surface area contributed by atoms with Crippen molar-refractivity contribution < 1.29 is 22.4 Å². The molecule has 1 amide bonds. The molecule has 2 heterocycles. The van der Waals surface area contributed by atoms with Crippen molar-refractivity contribution in [3.63, 3.8) is 0 Å². The number of hydrogen-bond acceptors (Lipinski definition) is 6. The molecule has 2 bridgehead atoms. The molecule has 6 rings (SSSR count). The van der Waals surface area contributed by atoms with Crippen molar-refractivity contribution in [3.05, 3.63) is 70.3 Å². The first-order chi connectivity index (χ1) is 22.2. The number of aryl methyl sites for hydroxylation is 1. The molecule has 47 heavy (non-hydrogen) atoms. The summed E-state index contributed by atoms with van der Waals surface area (Å²) in [7, 11) is -5.91. The Hall–Kier alpha value is -2.33. The molecule has 10 heteroatoms. The summed E-state index contributed by atoms with van der Waals surface area (Å²) < 4.78 is 42.6. The van der Waals surface area contributed by atoms with Gasteiger partial charge in [0.15, 0.2) is 8.32 Å². The lowest BCUT2D eigenvalue weighted by Gasteiger charge is -2.48. The molecule has 0 saturated heterocycles. The number of fused-ring (bicyclic) bond motifs is 4.